The molecule has 2 aromatic rings. The lowest BCUT2D eigenvalue weighted by Crippen LogP contribution is -2.34. The molecule has 0 fully saturated rings. The third kappa shape index (κ3) is 8.20. The summed E-state index contributed by atoms with van der Waals surface area (Å²) in [7, 11) is -2.18. The SMILES string of the molecule is COc1ccc(S(=O)(=O)NCCNC(=O)c2ccc(CNC(=O)OC(C)(C)C)cc2)cc1. The van der Waals surface area contributed by atoms with Crippen LogP contribution in [0.3, 0.4) is 0 Å². The van der Waals surface area contributed by atoms with Crippen molar-refractivity contribution in [2.75, 3.05) is 20.2 Å². The Balaban J connectivity index is 1.77. The van der Waals surface area contributed by atoms with Crippen LogP contribution in [0.15, 0.2) is 53.4 Å². The van der Waals surface area contributed by atoms with Crippen molar-refractivity contribution in [1.29, 1.82) is 0 Å². The molecule has 174 valence electrons. The minimum absolute atomic E-state index is 0.0397. The average molecular weight is 464 g/mol. The fourth-order valence-electron chi connectivity index (χ4n) is 2.56. The Hall–Kier alpha value is -3.11. The number of benzene rings is 2. The highest BCUT2D eigenvalue weighted by Gasteiger charge is 2.16. The molecule has 0 aliphatic rings. The topological polar surface area (TPSA) is 123 Å². The second-order valence-electron chi connectivity index (χ2n) is 7.88. The fraction of sp³-hybridized carbons (Fsp3) is 0.364. The van der Waals surface area contributed by atoms with Crippen LogP contribution in [0, 0.1) is 0 Å². The van der Waals surface area contributed by atoms with Crippen LogP contribution >= 0.6 is 0 Å². The van der Waals surface area contributed by atoms with Crippen molar-refractivity contribution in [1.82, 2.24) is 15.4 Å². The molecule has 0 unspecified atom stereocenters. The summed E-state index contributed by atoms with van der Waals surface area (Å²) >= 11 is 0. The van der Waals surface area contributed by atoms with E-state index in [1.54, 1.807) is 57.2 Å². The Bertz CT molecular complexity index is 1010. The van der Waals surface area contributed by atoms with Crippen LogP contribution in [0.1, 0.15) is 36.7 Å². The van der Waals surface area contributed by atoms with Gasteiger partial charge in [0.25, 0.3) is 5.91 Å². The number of rotatable bonds is 9. The van der Waals surface area contributed by atoms with E-state index in [4.69, 9.17) is 9.47 Å². The Morgan fingerprint density at radius 3 is 2.09 bits per heavy atom. The molecule has 0 spiro atoms. The molecule has 0 aromatic heterocycles. The monoisotopic (exact) mass is 463 g/mol. The molecule has 0 radical (unpaired) electrons. The summed E-state index contributed by atoms with van der Waals surface area (Å²) in [5, 5.41) is 5.31. The molecule has 0 saturated carbocycles. The van der Waals surface area contributed by atoms with E-state index in [0.29, 0.717) is 11.3 Å². The maximum Gasteiger partial charge on any atom is 0.407 e. The van der Waals surface area contributed by atoms with Crippen molar-refractivity contribution in [3.63, 3.8) is 0 Å². The standard InChI is InChI=1S/C22H29N3O6S/c1-22(2,3)31-21(27)24-15-16-5-7-17(8-6-16)20(26)23-13-14-25-32(28,29)19-11-9-18(30-4)10-12-19/h5-12,25H,13-15H2,1-4H3,(H,23,26)(H,24,27). The maximum absolute atomic E-state index is 12.3. The van der Waals surface area contributed by atoms with E-state index in [1.807, 2.05) is 0 Å². The quantitative estimate of drug-likeness (QED) is 0.491. The van der Waals surface area contributed by atoms with Gasteiger partial charge in [-0.2, -0.15) is 0 Å². The first-order valence-corrected chi connectivity index (χ1v) is 11.5. The van der Waals surface area contributed by atoms with Gasteiger partial charge in [-0.05, 0) is 62.7 Å². The summed E-state index contributed by atoms with van der Waals surface area (Å²) in [6.45, 7) is 5.77. The molecule has 9 nitrogen and oxygen atoms in total. The fourth-order valence-corrected chi connectivity index (χ4v) is 3.60. The van der Waals surface area contributed by atoms with Gasteiger partial charge < -0.3 is 20.1 Å². The molecule has 2 aromatic carbocycles. The number of carbonyl (C=O) groups is 2. The summed E-state index contributed by atoms with van der Waals surface area (Å²) in [6, 6.07) is 12.7. The molecule has 0 atom stereocenters. The number of nitrogens with one attached hydrogen (secondary N) is 3. The van der Waals surface area contributed by atoms with Crippen LogP contribution in [0.5, 0.6) is 5.75 Å². The average Bonchev–Trinajstić information content (AvgIpc) is 2.74. The molecule has 0 bridgehead atoms. The zero-order chi connectivity index (χ0) is 23.8. The van der Waals surface area contributed by atoms with Crippen LogP contribution in [0.25, 0.3) is 0 Å². The highest BCUT2D eigenvalue weighted by molar-refractivity contribution is 7.89. The molecule has 2 rings (SSSR count). The Kier molecular flexibility index (Phi) is 8.62. The second kappa shape index (κ2) is 11.0. The Morgan fingerprint density at radius 2 is 1.53 bits per heavy atom. The molecule has 0 aliphatic heterocycles. The van der Waals surface area contributed by atoms with Crippen LogP contribution in [-0.2, 0) is 21.3 Å². The second-order valence-corrected chi connectivity index (χ2v) is 9.65. The first kappa shape index (κ1) is 25.2. The Labute approximate surface area is 188 Å². The number of amides is 2. The molecule has 2 amide bonds. The third-order valence-electron chi connectivity index (χ3n) is 4.12. The zero-order valence-corrected chi connectivity index (χ0v) is 19.4. The first-order chi connectivity index (χ1) is 15.0. The van der Waals surface area contributed by atoms with Gasteiger partial charge in [0.15, 0.2) is 0 Å². The number of sulfonamides is 1. The smallest absolute Gasteiger partial charge is 0.407 e. The zero-order valence-electron chi connectivity index (χ0n) is 18.6. The predicted octanol–water partition coefficient (Wildman–Crippen LogP) is 2.43. The van der Waals surface area contributed by atoms with Gasteiger partial charge in [0.05, 0.1) is 12.0 Å². The number of ether oxygens (including phenoxy) is 2. The lowest BCUT2D eigenvalue weighted by Gasteiger charge is -2.19. The van der Waals surface area contributed by atoms with E-state index < -0.39 is 21.7 Å². The van der Waals surface area contributed by atoms with Crippen LogP contribution in [-0.4, -0.2) is 46.2 Å². The van der Waals surface area contributed by atoms with Gasteiger partial charge in [-0.1, -0.05) is 12.1 Å². The molecule has 32 heavy (non-hydrogen) atoms. The maximum atomic E-state index is 12.3. The normalized spacial score (nSPS) is 11.5. The number of carbonyl (C=O) groups excluding carboxylic acids is 2. The molecule has 0 heterocycles. The van der Waals surface area contributed by atoms with Crippen LogP contribution in [0.2, 0.25) is 0 Å². The van der Waals surface area contributed by atoms with Crippen molar-refractivity contribution in [2.24, 2.45) is 0 Å². The molecule has 0 saturated heterocycles. The van der Waals surface area contributed by atoms with E-state index in [0.717, 1.165) is 5.56 Å². The van der Waals surface area contributed by atoms with Gasteiger partial charge in [-0.15, -0.1) is 0 Å². The first-order valence-electron chi connectivity index (χ1n) is 9.98. The van der Waals surface area contributed by atoms with Crippen molar-refractivity contribution in [3.05, 3.63) is 59.7 Å². The van der Waals surface area contributed by atoms with Gasteiger partial charge >= 0.3 is 6.09 Å². The highest BCUT2D eigenvalue weighted by atomic mass is 32.2. The van der Waals surface area contributed by atoms with E-state index in [2.05, 4.69) is 15.4 Å². The molecular formula is C22H29N3O6S. The van der Waals surface area contributed by atoms with Crippen LogP contribution < -0.4 is 20.1 Å². The molecule has 10 heteroatoms. The largest absolute Gasteiger partial charge is 0.497 e. The highest BCUT2D eigenvalue weighted by Crippen LogP contribution is 2.15. The number of hydrogen-bond acceptors (Lipinski definition) is 6. The van der Waals surface area contributed by atoms with Gasteiger partial charge in [0.1, 0.15) is 11.4 Å². The van der Waals surface area contributed by atoms with Crippen molar-refractivity contribution in [3.8, 4) is 5.75 Å². The van der Waals surface area contributed by atoms with E-state index in [9.17, 15) is 18.0 Å². The lowest BCUT2D eigenvalue weighted by atomic mass is 10.1. The van der Waals surface area contributed by atoms with E-state index >= 15 is 0 Å². The Morgan fingerprint density at radius 1 is 0.906 bits per heavy atom. The van der Waals surface area contributed by atoms with E-state index in [1.165, 1.54) is 19.2 Å². The molecular weight excluding hydrogens is 434 g/mol. The minimum Gasteiger partial charge on any atom is -0.497 e. The van der Waals surface area contributed by atoms with Gasteiger partial charge in [-0.25, -0.2) is 17.9 Å². The van der Waals surface area contributed by atoms with Crippen molar-refractivity contribution >= 4 is 22.0 Å². The van der Waals surface area contributed by atoms with Gasteiger partial charge in [-0.3, -0.25) is 4.79 Å². The summed E-state index contributed by atoms with van der Waals surface area (Å²) in [4.78, 5) is 24.1. The molecule has 0 aliphatic carbocycles. The third-order valence-corrected chi connectivity index (χ3v) is 5.60. The predicted molar refractivity (Wildman–Crippen MR) is 120 cm³/mol. The van der Waals surface area contributed by atoms with E-state index in [-0.39, 0.29) is 30.4 Å². The number of methoxy groups -OCH3 is 1. The summed E-state index contributed by atoms with van der Waals surface area (Å²) in [5.74, 6) is 0.225. The van der Waals surface area contributed by atoms with Crippen molar-refractivity contribution < 1.29 is 27.5 Å². The minimum atomic E-state index is -3.68. The summed E-state index contributed by atoms with van der Waals surface area (Å²) in [5.41, 5.74) is 0.651. The van der Waals surface area contributed by atoms with Gasteiger partial charge in [0.2, 0.25) is 10.0 Å². The van der Waals surface area contributed by atoms with Crippen LogP contribution in [0.4, 0.5) is 4.79 Å². The van der Waals surface area contributed by atoms with Crippen molar-refractivity contribution in [2.45, 2.75) is 37.8 Å². The summed E-state index contributed by atoms with van der Waals surface area (Å²) in [6.07, 6.45) is -0.517. The molecule has 3 N–H and O–H groups in total. The number of hydrogen-bond donors (Lipinski definition) is 3. The lowest BCUT2D eigenvalue weighted by molar-refractivity contribution is 0.0523. The number of alkyl carbamates (subject to hydrolysis) is 1. The van der Waals surface area contributed by atoms with Gasteiger partial charge in [0, 0.05) is 25.2 Å². The summed E-state index contributed by atoms with van der Waals surface area (Å²) < 4.78 is 37.2.